The minimum Gasteiger partial charge on any atom is -0.368 e. The van der Waals surface area contributed by atoms with Gasteiger partial charge in [-0.15, -0.1) is 11.8 Å². The molecule has 1 saturated heterocycles. The fourth-order valence-electron chi connectivity index (χ4n) is 3.12. The van der Waals surface area contributed by atoms with Crippen LogP contribution in [0.2, 0.25) is 5.02 Å². The van der Waals surface area contributed by atoms with E-state index in [9.17, 15) is 9.59 Å². The quantitative estimate of drug-likeness (QED) is 0.550. The molecule has 1 aliphatic rings. The van der Waals surface area contributed by atoms with Gasteiger partial charge in [-0.1, -0.05) is 11.6 Å². The molecule has 3 rings (SSSR count). The van der Waals surface area contributed by atoms with Gasteiger partial charge in [0, 0.05) is 47.3 Å². The number of halogens is 1. The van der Waals surface area contributed by atoms with Gasteiger partial charge in [-0.2, -0.15) is 0 Å². The highest BCUT2D eigenvalue weighted by molar-refractivity contribution is 8.00. The van der Waals surface area contributed by atoms with Crippen molar-refractivity contribution < 1.29 is 9.59 Å². The Morgan fingerprint density at radius 2 is 1.56 bits per heavy atom. The third kappa shape index (κ3) is 5.05. The SMILES string of the molecule is CC(=O)c1ccc(N2CCN(C(=O)[C@@H](C)Sc3ccc(Cl)cc3)CC2)cc1. The van der Waals surface area contributed by atoms with Crippen molar-refractivity contribution in [3.8, 4) is 0 Å². The van der Waals surface area contributed by atoms with E-state index in [4.69, 9.17) is 11.6 Å². The maximum absolute atomic E-state index is 12.8. The van der Waals surface area contributed by atoms with Crippen LogP contribution in [0.15, 0.2) is 53.4 Å². The molecule has 0 aromatic heterocycles. The topological polar surface area (TPSA) is 40.6 Å². The summed E-state index contributed by atoms with van der Waals surface area (Å²) >= 11 is 7.48. The van der Waals surface area contributed by atoms with Crippen LogP contribution in [0.25, 0.3) is 0 Å². The molecule has 0 spiro atoms. The van der Waals surface area contributed by atoms with Crippen LogP contribution < -0.4 is 4.90 Å². The molecule has 0 N–H and O–H groups in total. The maximum atomic E-state index is 12.8. The van der Waals surface area contributed by atoms with E-state index < -0.39 is 0 Å². The maximum Gasteiger partial charge on any atom is 0.235 e. The highest BCUT2D eigenvalue weighted by Gasteiger charge is 2.25. The van der Waals surface area contributed by atoms with Crippen LogP contribution in [0.1, 0.15) is 24.2 Å². The molecule has 0 aliphatic carbocycles. The molecule has 2 aromatic carbocycles. The van der Waals surface area contributed by atoms with E-state index in [0.29, 0.717) is 18.1 Å². The first-order chi connectivity index (χ1) is 12.9. The Morgan fingerprint density at radius 1 is 0.963 bits per heavy atom. The summed E-state index contributed by atoms with van der Waals surface area (Å²) in [5.74, 6) is 0.241. The number of carbonyl (C=O) groups is 2. The van der Waals surface area contributed by atoms with Crippen molar-refractivity contribution in [3.63, 3.8) is 0 Å². The van der Waals surface area contributed by atoms with Crippen LogP contribution in [0.3, 0.4) is 0 Å². The van der Waals surface area contributed by atoms with Gasteiger partial charge >= 0.3 is 0 Å². The zero-order valence-electron chi connectivity index (χ0n) is 15.5. The highest BCUT2D eigenvalue weighted by Crippen LogP contribution is 2.26. The van der Waals surface area contributed by atoms with Crippen molar-refractivity contribution in [1.82, 2.24) is 4.90 Å². The number of nitrogens with zero attached hydrogens (tertiary/aromatic N) is 2. The summed E-state index contributed by atoms with van der Waals surface area (Å²) in [6.07, 6.45) is 0. The fourth-order valence-corrected chi connectivity index (χ4v) is 4.19. The standard InChI is InChI=1S/C21H23ClN2O2S/c1-15(25)17-3-7-19(8-4-17)23-11-13-24(14-12-23)21(26)16(2)27-20-9-5-18(22)6-10-20/h3-10,16H,11-14H2,1-2H3/t16-/m1/s1. The number of benzene rings is 2. The van der Waals surface area contributed by atoms with Crippen molar-refractivity contribution in [3.05, 3.63) is 59.1 Å². The van der Waals surface area contributed by atoms with Gasteiger partial charge in [0.15, 0.2) is 5.78 Å². The summed E-state index contributed by atoms with van der Waals surface area (Å²) in [6, 6.07) is 15.3. The number of piperazine rings is 1. The normalized spacial score (nSPS) is 15.5. The van der Waals surface area contributed by atoms with E-state index >= 15 is 0 Å². The monoisotopic (exact) mass is 402 g/mol. The Kier molecular flexibility index (Phi) is 6.45. The Labute approximate surface area is 169 Å². The second-order valence-electron chi connectivity index (χ2n) is 6.63. The van der Waals surface area contributed by atoms with Crippen LogP contribution in [0.5, 0.6) is 0 Å². The minimum absolute atomic E-state index is 0.0733. The third-order valence-electron chi connectivity index (χ3n) is 4.70. The number of amides is 1. The first-order valence-corrected chi connectivity index (χ1v) is 10.3. The lowest BCUT2D eigenvalue weighted by Crippen LogP contribution is -2.50. The summed E-state index contributed by atoms with van der Waals surface area (Å²) in [4.78, 5) is 29.4. The van der Waals surface area contributed by atoms with Gasteiger partial charge in [0.05, 0.1) is 5.25 Å². The first kappa shape index (κ1) is 19.8. The zero-order valence-corrected chi connectivity index (χ0v) is 17.1. The van der Waals surface area contributed by atoms with Crippen LogP contribution in [0, 0.1) is 0 Å². The summed E-state index contributed by atoms with van der Waals surface area (Å²) < 4.78 is 0. The molecule has 1 aliphatic heterocycles. The highest BCUT2D eigenvalue weighted by atomic mass is 35.5. The number of carbonyl (C=O) groups excluding carboxylic acids is 2. The molecule has 1 fully saturated rings. The number of hydrogen-bond donors (Lipinski definition) is 0. The second kappa shape index (κ2) is 8.81. The minimum atomic E-state index is -0.132. The lowest BCUT2D eigenvalue weighted by molar-refractivity contribution is -0.130. The number of rotatable bonds is 5. The summed E-state index contributed by atoms with van der Waals surface area (Å²) in [6.45, 7) is 6.53. The molecule has 6 heteroatoms. The lowest BCUT2D eigenvalue weighted by Gasteiger charge is -2.37. The van der Waals surface area contributed by atoms with Gasteiger partial charge in [-0.05, 0) is 62.4 Å². The number of thioether (sulfide) groups is 1. The van der Waals surface area contributed by atoms with Gasteiger partial charge in [0.25, 0.3) is 0 Å². The summed E-state index contributed by atoms with van der Waals surface area (Å²) in [5, 5.41) is 0.568. The third-order valence-corrected chi connectivity index (χ3v) is 6.06. The molecule has 1 amide bonds. The summed E-state index contributed by atoms with van der Waals surface area (Å²) in [5.41, 5.74) is 1.82. The van der Waals surface area contributed by atoms with Crippen molar-refractivity contribution in [2.24, 2.45) is 0 Å². The lowest BCUT2D eigenvalue weighted by atomic mass is 10.1. The molecule has 0 radical (unpaired) electrons. The van der Waals surface area contributed by atoms with Crippen LogP contribution in [0.4, 0.5) is 5.69 Å². The van der Waals surface area contributed by atoms with Crippen molar-refractivity contribution in [2.75, 3.05) is 31.1 Å². The molecular formula is C21H23ClN2O2S. The van der Waals surface area contributed by atoms with Gasteiger partial charge in [-0.25, -0.2) is 0 Å². The molecule has 142 valence electrons. The number of Topliss-reactive ketones (excluding diaryl/α,β-unsaturated/α-hetero) is 1. The second-order valence-corrected chi connectivity index (χ2v) is 8.48. The van der Waals surface area contributed by atoms with Gasteiger partial charge in [0.2, 0.25) is 5.91 Å². The van der Waals surface area contributed by atoms with E-state index in [1.54, 1.807) is 18.7 Å². The number of hydrogen-bond acceptors (Lipinski definition) is 4. The van der Waals surface area contributed by atoms with Gasteiger partial charge in [0.1, 0.15) is 0 Å². The molecule has 27 heavy (non-hydrogen) atoms. The Morgan fingerprint density at radius 3 is 2.11 bits per heavy atom. The van der Waals surface area contributed by atoms with E-state index in [2.05, 4.69) is 4.90 Å². The Bertz CT molecular complexity index is 800. The molecular weight excluding hydrogens is 380 g/mol. The van der Waals surface area contributed by atoms with E-state index in [0.717, 1.165) is 29.2 Å². The van der Waals surface area contributed by atoms with Gasteiger partial charge in [-0.3, -0.25) is 9.59 Å². The zero-order chi connectivity index (χ0) is 19.4. The molecule has 0 bridgehead atoms. The smallest absolute Gasteiger partial charge is 0.235 e. The van der Waals surface area contributed by atoms with Crippen LogP contribution in [-0.4, -0.2) is 48.0 Å². The van der Waals surface area contributed by atoms with Crippen molar-refractivity contribution in [1.29, 1.82) is 0 Å². The Hall–Kier alpha value is -1.98. The average Bonchev–Trinajstić information content (AvgIpc) is 2.69. The van der Waals surface area contributed by atoms with Crippen LogP contribution in [-0.2, 0) is 4.79 Å². The predicted octanol–water partition coefficient (Wildman–Crippen LogP) is 4.37. The molecule has 2 aromatic rings. The molecule has 0 unspecified atom stereocenters. The summed E-state index contributed by atoms with van der Waals surface area (Å²) in [7, 11) is 0. The fraction of sp³-hybridized carbons (Fsp3) is 0.333. The van der Waals surface area contributed by atoms with E-state index in [1.807, 2.05) is 60.4 Å². The Balaban J connectivity index is 1.54. The van der Waals surface area contributed by atoms with E-state index in [1.165, 1.54) is 0 Å². The molecule has 0 saturated carbocycles. The number of ketones is 1. The largest absolute Gasteiger partial charge is 0.368 e. The van der Waals surface area contributed by atoms with Crippen LogP contribution >= 0.6 is 23.4 Å². The van der Waals surface area contributed by atoms with Crippen molar-refractivity contribution in [2.45, 2.75) is 24.0 Å². The predicted molar refractivity (Wildman–Crippen MR) is 112 cm³/mol. The average molecular weight is 403 g/mol. The van der Waals surface area contributed by atoms with E-state index in [-0.39, 0.29) is 16.9 Å². The molecule has 1 atom stereocenters. The molecule has 4 nitrogen and oxygen atoms in total. The van der Waals surface area contributed by atoms with Gasteiger partial charge < -0.3 is 9.80 Å². The van der Waals surface area contributed by atoms with Crippen molar-refractivity contribution >= 4 is 40.7 Å². The molecule has 1 heterocycles. The first-order valence-electron chi connectivity index (χ1n) is 9.01. The number of anilines is 1.